The minimum Gasteiger partial charge on any atom is -0.392 e. The van der Waals surface area contributed by atoms with Gasteiger partial charge in [-0.3, -0.25) is 0 Å². The highest BCUT2D eigenvalue weighted by atomic mass is 16.7. The second-order valence-electron chi connectivity index (χ2n) is 7.77. The van der Waals surface area contributed by atoms with E-state index in [4.69, 9.17) is 9.47 Å². The Balaban J connectivity index is 1.44. The van der Waals surface area contributed by atoms with Crippen LogP contribution in [0.15, 0.2) is 35.9 Å². The molecule has 1 saturated heterocycles. The molecule has 0 amide bonds. The fourth-order valence-electron chi connectivity index (χ4n) is 4.91. The predicted octanol–water partition coefficient (Wildman–Crippen LogP) is 4.43. The third-order valence-corrected chi connectivity index (χ3v) is 6.27. The minimum atomic E-state index is -0.00643. The van der Waals surface area contributed by atoms with E-state index in [1.165, 1.54) is 39.0 Å². The summed E-state index contributed by atoms with van der Waals surface area (Å²) in [6.45, 7) is 1.60. The smallest absolute Gasteiger partial charge is 0.158 e. The van der Waals surface area contributed by atoms with Gasteiger partial charge in [-0.15, -0.1) is 0 Å². The molecular weight excluding hydrogens is 336 g/mol. The van der Waals surface area contributed by atoms with Gasteiger partial charge in [0.15, 0.2) is 6.29 Å². The molecule has 3 nitrogen and oxygen atoms in total. The van der Waals surface area contributed by atoms with Crippen molar-refractivity contribution in [3.8, 4) is 11.1 Å². The van der Waals surface area contributed by atoms with E-state index in [0.717, 1.165) is 57.3 Å². The van der Waals surface area contributed by atoms with E-state index in [2.05, 4.69) is 36.4 Å². The molecule has 27 heavy (non-hydrogen) atoms. The van der Waals surface area contributed by atoms with Crippen LogP contribution in [0.5, 0.6) is 0 Å². The molecule has 0 radical (unpaired) electrons. The number of aliphatic hydroxyl groups excluding tert-OH is 1. The van der Waals surface area contributed by atoms with Gasteiger partial charge in [0.2, 0.25) is 0 Å². The van der Waals surface area contributed by atoms with Gasteiger partial charge in [0.1, 0.15) is 0 Å². The van der Waals surface area contributed by atoms with Crippen LogP contribution in [0.2, 0.25) is 0 Å². The summed E-state index contributed by atoms with van der Waals surface area (Å²) in [5.74, 6) is 0. The number of rotatable bonds is 4. The van der Waals surface area contributed by atoms with E-state index < -0.39 is 0 Å². The first-order chi connectivity index (χ1) is 13.3. The highest BCUT2D eigenvalue weighted by molar-refractivity contribution is 5.78. The molecule has 140 valence electrons. The van der Waals surface area contributed by atoms with Crippen LogP contribution in [-0.2, 0) is 35.3 Å². The summed E-state index contributed by atoms with van der Waals surface area (Å²) in [6, 6.07) is 10.9. The second kappa shape index (κ2) is 7.23. The summed E-state index contributed by atoms with van der Waals surface area (Å²) < 4.78 is 11.1. The highest BCUT2D eigenvalue weighted by Crippen LogP contribution is 2.40. The van der Waals surface area contributed by atoms with Gasteiger partial charge in [0.05, 0.1) is 19.8 Å². The molecule has 1 heterocycles. The average molecular weight is 362 g/mol. The van der Waals surface area contributed by atoms with Gasteiger partial charge >= 0.3 is 0 Å². The maximum Gasteiger partial charge on any atom is 0.158 e. The van der Waals surface area contributed by atoms with Crippen LogP contribution in [0.4, 0.5) is 0 Å². The van der Waals surface area contributed by atoms with Crippen LogP contribution >= 0.6 is 0 Å². The SMILES string of the molecule is OCc1cccc2c1CCc1c-2ccc2c1CCC(CCC1OCCO1)=C2. The van der Waals surface area contributed by atoms with Crippen molar-refractivity contribution in [2.24, 2.45) is 0 Å². The third kappa shape index (κ3) is 3.14. The van der Waals surface area contributed by atoms with E-state index in [1.54, 1.807) is 0 Å². The number of benzene rings is 2. The van der Waals surface area contributed by atoms with E-state index in [-0.39, 0.29) is 12.9 Å². The molecule has 1 aliphatic heterocycles. The summed E-state index contributed by atoms with van der Waals surface area (Å²) in [7, 11) is 0. The molecule has 1 fully saturated rings. The van der Waals surface area contributed by atoms with Gasteiger partial charge in [-0.2, -0.15) is 0 Å². The molecule has 3 aliphatic rings. The first-order valence-electron chi connectivity index (χ1n) is 10.1. The lowest BCUT2D eigenvalue weighted by Gasteiger charge is -2.27. The quantitative estimate of drug-likeness (QED) is 0.875. The lowest BCUT2D eigenvalue weighted by atomic mass is 9.77. The lowest BCUT2D eigenvalue weighted by Crippen LogP contribution is -2.13. The molecule has 0 saturated carbocycles. The zero-order valence-electron chi connectivity index (χ0n) is 15.7. The van der Waals surface area contributed by atoms with E-state index in [9.17, 15) is 5.11 Å². The highest BCUT2D eigenvalue weighted by Gasteiger charge is 2.24. The molecule has 2 aliphatic carbocycles. The molecule has 0 unspecified atom stereocenters. The number of aliphatic hydroxyl groups is 1. The molecule has 0 spiro atoms. The summed E-state index contributed by atoms with van der Waals surface area (Å²) in [6.07, 6.45) is 8.79. The zero-order chi connectivity index (χ0) is 18.2. The molecule has 0 atom stereocenters. The molecule has 1 N–H and O–H groups in total. The van der Waals surface area contributed by atoms with Crippen molar-refractivity contribution in [2.75, 3.05) is 13.2 Å². The Kier molecular flexibility index (Phi) is 4.60. The van der Waals surface area contributed by atoms with Gasteiger partial charge < -0.3 is 14.6 Å². The van der Waals surface area contributed by atoms with Crippen molar-refractivity contribution in [3.05, 3.63) is 63.7 Å². The lowest BCUT2D eigenvalue weighted by molar-refractivity contribution is -0.0462. The Labute approximate surface area is 160 Å². The van der Waals surface area contributed by atoms with Gasteiger partial charge in [-0.1, -0.05) is 42.0 Å². The standard InChI is InChI=1S/C24H26O3/c25-15-18-2-1-3-21-20(18)9-10-22-19-7-4-16(5-11-24-26-12-13-27-24)14-17(19)6-8-23(21)22/h1-3,6,8,14,24-25H,4-5,7,9-13,15H2. The van der Waals surface area contributed by atoms with Crippen molar-refractivity contribution in [3.63, 3.8) is 0 Å². The molecule has 3 heteroatoms. The fourth-order valence-corrected chi connectivity index (χ4v) is 4.91. The number of hydrogen-bond acceptors (Lipinski definition) is 3. The van der Waals surface area contributed by atoms with Crippen LogP contribution in [0.3, 0.4) is 0 Å². The topological polar surface area (TPSA) is 38.7 Å². The van der Waals surface area contributed by atoms with Crippen LogP contribution in [0, 0.1) is 0 Å². The first kappa shape index (κ1) is 17.2. The monoisotopic (exact) mass is 362 g/mol. The van der Waals surface area contributed by atoms with Crippen molar-refractivity contribution in [1.82, 2.24) is 0 Å². The first-order valence-corrected chi connectivity index (χ1v) is 10.1. The van der Waals surface area contributed by atoms with Crippen LogP contribution in [0.1, 0.15) is 47.1 Å². The molecular formula is C24H26O3. The molecule has 5 rings (SSSR count). The number of allylic oxidation sites excluding steroid dienone is 1. The van der Waals surface area contributed by atoms with Crippen LogP contribution in [0.25, 0.3) is 17.2 Å². The zero-order valence-corrected chi connectivity index (χ0v) is 15.7. The normalized spacial score (nSPS) is 18.6. The molecule has 0 aromatic heterocycles. The Hall–Kier alpha value is -1.94. The van der Waals surface area contributed by atoms with Crippen molar-refractivity contribution in [1.29, 1.82) is 0 Å². The maximum absolute atomic E-state index is 9.67. The van der Waals surface area contributed by atoms with Crippen molar-refractivity contribution < 1.29 is 14.6 Å². The van der Waals surface area contributed by atoms with Gasteiger partial charge in [0.25, 0.3) is 0 Å². The number of hydrogen-bond donors (Lipinski definition) is 1. The number of ether oxygens (including phenoxy) is 2. The van der Waals surface area contributed by atoms with E-state index in [1.807, 2.05) is 0 Å². The van der Waals surface area contributed by atoms with Crippen LogP contribution < -0.4 is 0 Å². The maximum atomic E-state index is 9.67. The fraction of sp³-hybridized carbons (Fsp3) is 0.417. The van der Waals surface area contributed by atoms with E-state index >= 15 is 0 Å². The van der Waals surface area contributed by atoms with Crippen LogP contribution in [-0.4, -0.2) is 24.6 Å². The Morgan fingerprint density at radius 2 is 1.63 bits per heavy atom. The summed E-state index contributed by atoms with van der Waals surface area (Å²) in [5, 5.41) is 9.67. The summed E-state index contributed by atoms with van der Waals surface area (Å²) in [4.78, 5) is 0. The predicted molar refractivity (Wildman–Crippen MR) is 106 cm³/mol. The van der Waals surface area contributed by atoms with E-state index in [0.29, 0.717) is 0 Å². The average Bonchev–Trinajstić information content (AvgIpc) is 3.24. The van der Waals surface area contributed by atoms with Gasteiger partial charge in [-0.05, 0) is 71.0 Å². The van der Waals surface area contributed by atoms with Crippen molar-refractivity contribution >= 4 is 6.08 Å². The second-order valence-corrected chi connectivity index (χ2v) is 7.77. The molecule has 0 bridgehead atoms. The number of fused-ring (bicyclic) bond motifs is 5. The Morgan fingerprint density at radius 3 is 2.48 bits per heavy atom. The molecule has 2 aromatic rings. The van der Waals surface area contributed by atoms with Gasteiger partial charge in [-0.25, -0.2) is 0 Å². The largest absolute Gasteiger partial charge is 0.392 e. The Morgan fingerprint density at radius 1 is 0.852 bits per heavy atom. The summed E-state index contributed by atoms with van der Waals surface area (Å²) in [5.41, 5.74) is 11.1. The Bertz CT molecular complexity index is 891. The minimum absolute atomic E-state index is 0.00643. The van der Waals surface area contributed by atoms with Crippen molar-refractivity contribution in [2.45, 2.75) is 51.4 Å². The summed E-state index contributed by atoms with van der Waals surface area (Å²) >= 11 is 0. The third-order valence-electron chi connectivity index (χ3n) is 6.27. The molecule has 2 aromatic carbocycles. The van der Waals surface area contributed by atoms with Gasteiger partial charge in [0, 0.05) is 6.42 Å².